The molecule has 7 heteroatoms. The number of piperidine rings is 1. The van der Waals surface area contributed by atoms with Crippen molar-refractivity contribution in [3.05, 3.63) is 71.2 Å². The molecular formula is C23H23N3O3S. The van der Waals surface area contributed by atoms with Gasteiger partial charge in [-0.25, -0.2) is 4.98 Å². The molecule has 0 radical (unpaired) electrons. The zero-order chi connectivity index (χ0) is 21.1. The summed E-state index contributed by atoms with van der Waals surface area (Å²) in [4.78, 5) is 32.2. The summed E-state index contributed by atoms with van der Waals surface area (Å²) in [5.41, 5.74) is 2.80. The summed E-state index contributed by atoms with van der Waals surface area (Å²) < 4.78 is 5.28. The van der Waals surface area contributed by atoms with Gasteiger partial charge < -0.3 is 15.0 Å². The van der Waals surface area contributed by atoms with Gasteiger partial charge in [0.15, 0.2) is 5.13 Å². The Bertz CT molecular complexity index is 1020. The molecule has 4 rings (SSSR count). The molecule has 2 aromatic carbocycles. The van der Waals surface area contributed by atoms with Gasteiger partial charge in [0.1, 0.15) is 5.75 Å². The highest BCUT2D eigenvalue weighted by molar-refractivity contribution is 7.13. The largest absolute Gasteiger partial charge is 0.497 e. The molecule has 0 spiro atoms. The van der Waals surface area contributed by atoms with Gasteiger partial charge in [0.05, 0.1) is 19.1 Å². The van der Waals surface area contributed by atoms with Crippen molar-refractivity contribution in [3.63, 3.8) is 0 Å². The first-order valence-electron chi connectivity index (χ1n) is 9.80. The Kier molecular flexibility index (Phi) is 5.81. The Morgan fingerprint density at radius 3 is 2.53 bits per heavy atom. The molecular weight excluding hydrogens is 398 g/mol. The zero-order valence-corrected chi connectivity index (χ0v) is 17.7. The minimum absolute atomic E-state index is 0.0120. The summed E-state index contributed by atoms with van der Waals surface area (Å²) in [5, 5.41) is 5.30. The van der Waals surface area contributed by atoms with Gasteiger partial charge in [-0.3, -0.25) is 9.59 Å². The normalized spacial score (nSPS) is 18.9. The molecule has 0 unspecified atom stereocenters. The number of carbonyl (C=O) groups is 2. The lowest BCUT2D eigenvalue weighted by Gasteiger charge is -2.40. The summed E-state index contributed by atoms with van der Waals surface area (Å²) in [6.45, 7) is 2.01. The maximum Gasteiger partial charge on any atom is 0.231 e. The smallest absolute Gasteiger partial charge is 0.231 e. The van der Waals surface area contributed by atoms with Crippen LogP contribution in [0, 0.1) is 12.8 Å². The van der Waals surface area contributed by atoms with E-state index in [0.717, 1.165) is 22.6 Å². The van der Waals surface area contributed by atoms with Gasteiger partial charge in [-0.15, -0.1) is 11.3 Å². The summed E-state index contributed by atoms with van der Waals surface area (Å²) in [5.74, 6) is 0.209. The summed E-state index contributed by atoms with van der Waals surface area (Å²) in [6, 6.07) is 15.0. The average molecular weight is 422 g/mol. The van der Waals surface area contributed by atoms with E-state index in [2.05, 4.69) is 10.3 Å². The van der Waals surface area contributed by atoms with Gasteiger partial charge in [0.25, 0.3) is 0 Å². The van der Waals surface area contributed by atoms with E-state index >= 15 is 0 Å². The topological polar surface area (TPSA) is 71.5 Å². The van der Waals surface area contributed by atoms with Crippen molar-refractivity contribution < 1.29 is 14.3 Å². The minimum Gasteiger partial charge on any atom is -0.497 e. The molecule has 1 N–H and O–H groups in total. The fourth-order valence-electron chi connectivity index (χ4n) is 3.84. The number of amides is 2. The Morgan fingerprint density at radius 1 is 1.17 bits per heavy atom. The Labute approximate surface area is 179 Å². The molecule has 1 aliphatic rings. The lowest BCUT2D eigenvalue weighted by molar-refractivity contribution is -0.125. The third-order valence-electron chi connectivity index (χ3n) is 5.37. The fourth-order valence-corrected chi connectivity index (χ4v) is 4.37. The number of hydrogen-bond donors (Lipinski definition) is 1. The molecule has 1 saturated heterocycles. The first-order chi connectivity index (χ1) is 14.6. The van der Waals surface area contributed by atoms with Crippen molar-refractivity contribution in [1.82, 2.24) is 4.98 Å². The lowest BCUT2D eigenvalue weighted by Crippen LogP contribution is -2.46. The van der Waals surface area contributed by atoms with Crippen LogP contribution in [-0.2, 0) is 9.59 Å². The van der Waals surface area contributed by atoms with Crippen LogP contribution in [0.15, 0.2) is 60.1 Å². The summed E-state index contributed by atoms with van der Waals surface area (Å²) >= 11 is 1.38. The van der Waals surface area contributed by atoms with Crippen LogP contribution in [0.3, 0.4) is 0 Å². The third-order valence-corrected chi connectivity index (χ3v) is 6.05. The number of aryl methyl sites for hydroxylation is 1. The van der Waals surface area contributed by atoms with Gasteiger partial charge in [-0.2, -0.15) is 0 Å². The summed E-state index contributed by atoms with van der Waals surface area (Å²) in [6.07, 6.45) is 2.45. The van der Waals surface area contributed by atoms with E-state index in [1.165, 1.54) is 11.3 Å². The van der Waals surface area contributed by atoms with Crippen molar-refractivity contribution in [1.29, 1.82) is 0 Å². The second-order valence-corrected chi connectivity index (χ2v) is 8.18. The van der Waals surface area contributed by atoms with E-state index in [0.29, 0.717) is 18.0 Å². The fraction of sp³-hybridized carbons (Fsp3) is 0.261. The van der Waals surface area contributed by atoms with Crippen LogP contribution in [0.4, 0.5) is 10.8 Å². The molecule has 2 heterocycles. The van der Waals surface area contributed by atoms with Crippen molar-refractivity contribution in [3.8, 4) is 5.75 Å². The number of nitrogens with one attached hydrogen (secondary N) is 1. The van der Waals surface area contributed by atoms with Crippen LogP contribution in [0.25, 0.3) is 0 Å². The Morgan fingerprint density at radius 2 is 1.90 bits per heavy atom. The molecule has 3 aromatic rings. The molecule has 1 fully saturated rings. The lowest BCUT2D eigenvalue weighted by atomic mass is 9.83. The quantitative estimate of drug-likeness (QED) is 0.654. The number of ether oxygens (including phenoxy) is 1. The van der Waals surface area contributed by atoms with E-state index in [9.17, 15) is 9.59 Å². The molecule has 154 valence electrons. The molecule has 0 bridgehead atoms. The minimum atomic E-state index is -0.417. The molecule has 30 heavy (non-hydrogen) atoms. The third kappa shape index (κ3) is 4.07. The van der Waals surface area contributed by atoms with Crippen molar-refractivity contribution in [2.75, 3.05) is 17.3 Å². The maximum atomic E-state index is 13.2. The monoisotopic (exact) mass is 421 g/mol. The first-order valence-corrected chi connectivity index (χ1v) is 10.7. The number of aromatic nitrogens is 1. The highest BCUT2D eigenvalue weighted by atomic mass is 32.1. The van der Waals surface area contributed by atoms with Crippen molar-refractivity contribution in [2.45, 2.75) is 25.8 Å². The van der Waals surface area contributed by atoms with Gasteiger partial charge in [0.2, 0.25) is 11.8 Å². The predicted octanol–water partition coefficient (Wildman–Crippen LogP) is 4.58. The first kappa shape index (κ1) is 20.1. The average Bonchev–Trinajstić information content (AvgIpc) is 3.27. The molecule has 2 amide bonds. The van der Waals surface area contributed by atoms with Gasteiger partial charge >= 0.3 is 0 Å². The number of nitrogens with zero attached hydrogens (tertiary/aromatic N) is 2. The van der Waals surface area contributed by atoms with Crippen LogP contribution in [0.5, 0.6) is 5.75 Å². The van der Waals surface area contributed by atoms with Gasteiger partial charge in [0, 0.05) is 23.7 Å². The standard InChI is InChI=1S/C23H23N3O3S/c1-15-3-7-17(8-4-15)26-20(27)12-11-19(22(28)25-23-24-13-14-30-23)21(26)16-5-9-18(29-2)10-6-16/h3-10,13-14,19,21H,11-12H2,1-2H3,(H,24,25,28)/t19-,21-/m0/s1. The van der Waals surface area contributed by atoms with E-state index < -0.39 is 12.0 Å². The van der Waals surface area contributed by atoms with Crippen LogP contribution in [0.2, 0.25) is 0 Å². The number of thiazole rings is 1. The van der Waals surface area contributed by atoms with Gasteiger partial charge in [-0.05, 0) is 43.2 Å². The number of carbonyl (C=O) groups excluding carboxylic acids is 2. The molecule has 2 atom stereocenters. The van der Waals surface area contributed by atoms with Crippen molar-refractivity contribution >= 4 is 34.0 Å². The second kappa shape index (κ2) is 8.67. The second-order valence-electron chi connectivity index (χ2n) is 7.29. The predicted molar refractivity (Wildman–Crippen MR) is 118 cm³/mol. The number of rotatable bonds is 5. The van der Waals surface area contributed by atoms with Crippen LogP contribution >= 0.6 is 11.3 Å². The Balaban J connectivity index is 1.74. The van der Waals surface area contributed by atoms with E-state index in [1.54, 1.807) is 18.2 Å². The van der Waals surface area contributed by atoms with Crippen molar-refractivity contribution in [2.24, 2.45) is 5.92 Å². The molecule has 6 nitrogen and oxygen atoms in total. The number of hydrogen-bond acceptors (Lipinski definition) is 5. The van der Waals surface area contributed by atoms with Crippen LogP contribution in [-0.4, -0.2) is 23.9 Å². The summed E-state index contributed by atoms with van der Waals surface area (Å²) in [7, 11) is 1.61. The molecule has 1 aliphatic heterocycles. The van der Waals surface area contributed by atoms with Crippen LogP contribution in [0.1, 0.15) is 30.0 Å². The van der Waals surface area contributed by atoms with E-state index in [-0.39, 0.29) is 11.8 Å². The Hall–Kier alpha value is -3.19. The van der Waals surface area contributed by atoms with Gasteiger partial charge in [-0.1, -0.05) is 29.8 Å². The highest BCUT2D eigenvalue weighted by Gasteiger charge is 2.41. The zero-order valence-electron chi connectivity index (χ0n) is 16.9. The maximum absolute atomic E-state index is 13.2. The number of anilines is 2. The highest BCUT2D eigenvalue weighted by Crippen LogP contribution is 2.41. The molecule has 1 aromatic heterocycles. The number of benzene rings is 2. The molecule has 0 saturated carbocycles. The van der Waals surface area contributed by atoms with E-state index in [1.807, 2.05) is 60.8 Å². The molecule has 0 aliphatic carbocycles. The van der Waals surface area contributed by atoms with E-state index in [4.69, 9.17) is 4.74 Å². The SMILES string of the molecule is COc1ccc([C@H]2[C@@H](C(=O)Nc3nccs3)CCC(=O)N2c2ccc(C)cc2)cc1. The number of methoxy groups -OCH3 is 1. The van der Waals surface area contributed by atoms with Crippen LogP contribution < -0.4 is 15.0 Å².